The molecule has 2 aromatic rings. The Balaban J connectivity index is 2.34. The van der Waals surface area contributed by atoms with Gasteiger partial charge in [-0.25, -0.2) is 4.79 Å². The third kappa shape index (κ3) is 4.96. The van der Waals surface area contributed by atoms with Gasteiger partial charge in [0.15, 0.2) is 0 Å². The highest BCUT2D eigenvalue weighted by molar-refractivity contribution is 5.94. The lowest BCUT2D eigenvalue weighted by molar-refractivity contribution is -0.385. The second kappa shape index (κ2) is 9.16. The van der Waals surface area contributed by atoms with E-state index in [9.17, 15) is 20.0 Å². The van der Waals surface area contributed by atoms with Crippen molar-refractivity contribution in [2.24, 2.45) is 0 Å². The minimum absolute atomic E-state index is 0.207. The fraction of sp³-hybridized carbons (Fsp3) is 0.316. The standard InChI is InChI=1S/C19H22N2O7/c1-20(2)18(22)10-12-9-13(6-8-17(12)26-3)28-14-5-7-16(21(24)25)15(11-14)19(23)27-4/h5-9,11,18,22H,10H2,1-4H3. The van der Waals surface area contributed by atoms with E-state index in [1.165, 1.54) is 25.3 Å². The first-order chi connectivity index (χ1) is 13.3. The number of benzene rings is 2. The first-order valence-electron chi connectivity index (χ1n) is 8.32. The smallest absolute Gasteiger partial charge is 0.345 e. The third-order valence-electron chi connectivity index (χ3n) is 4.06. The Kier molecular flexibility index (Phi) is 6.91. The molecule has 0 radical (unpaired) electrons. The van der Waals surface area contributed by atoms with Crippen LogP contribution in [0.1, 0.15) is 15.9 Å². The van der Waals surface area contributed by atoms with Gasteiger partial charge in [-0.1, -0.05) is 0 Å². The molecule has 28 heavy (non-hydrogen) atoms. The number of carbonyl (C=O) groups is 1. The molecule has 0 aliphatic carbocycles. The molecule has 0 aromatic heterocycles. The number of aliphatic hydroxyl groups excluding tert-OH is 1. The average Bonchev–Trinajstić information content (AvgIpc) is 2.67. The molecule has 2 aromatic carbocycles. The molecule has 0 aliphatic heterocycles. The van der Waals surface area contributed by atoms with Gasteiger partial charge in [0.2, 0.25) is 0 Å². The topological polar surface area (TPSA) is 111 Å². The molecule has 0 fully saturated rings. The lowest BCUT2D eigenvalue weighted by atomic mass is 10.1. The molecule has 2 rings (SSSR count). The zero-order chi connectivity index (χ0) is 20.8. The first-order valence-corrected chi connectivity index (χ1v) is 8.32. The van der Waals surface area contributed by atoms with Crippen molar-refractivity contribution >= 4 is 11.7 Å². The van der Waals surface area contributed by atoms with Crippen molar-refractivity contribution in [3.63, 3.8) is 0 Å². The van der Waals surface area contributed by atoms with Crippen molar-refractivity contribution in [3.05, 3.63) is 57.6 Å². The van der Waals surface area contributed by atoms with Crippen LogP contribution in [0, 0.1) is 10.1 Å². The molecule has 0 saturated heterocycles. The molecule has 1 unspecified atom stereocenters. The van der Waals surface area contributed by atoms with Gasteiger partial charge in [-0.3, -0.25) is 15.0 Å². The predicted molar refractivity (Wildman–Crippen MR) is 101 cm³/mol. The molecule has 1 N–H and O–H groups in total. The molecule has 1 atom stereocenters. The number of hydrogen-bond acceptors (Lipinski definition) is 8. The minimum Gasteiger partial charge on any atom is -0.496 e. The lowest BCUT2D eigenvalue weighted by Crippen LogP contribution is -2.29. The van der Waals surface area contributed by atoms with E-state index in [1.54, 1.807) is 37.2 Å². The monoisotopic (exact) mass is 390 g/mol. The molecule has 9 nitrogen and oxygen atoms in total. The maximum absolute atomic E-state index is 11.8. The molecule has 150 valence electrons. The van der Waals surface area contributed by atoms with Gasteiger partial charge in [0.05, 0.1) is 19.1 Å². The van der Waals surface area contributed by atoms with E-state index in [2.05, 4.69) is 4.74 Å². The van der Waals surface area contributed by atoms with Gasteiger partial charge in [-0.2, -0.15) is 0 Å². The number of ether oxygens (including phenoxy) is 3. The number of hydrogen-bond donors (Lipinski definition) is 1. The number of rotatable bonds is 8. The summed E-state index contributed by atoms with van der Waals surface area (Å²) in [5.74, 6) is 0.413. The van der Waals surface area contributed by atoms with Crippen LogP contribution in [-0.4, -0.2) is 55.4 Å². The van der Waals surface area contributed by atoms with Gasteiger partial charge < -0.3 is 19.3 Å². The molecule has 0 spiro atoms. The normalized spacial score (nSPS) is 11.8. The molecule has 0 saturated carbocycles. The van der Waals surface area contributed by atoms with Crippen molar-refractivity contribution in [3.8, 4) is 17.2 Å². The molecular formula is C19H22N2O7. The van der Waals surface area contributed by atoms with Gasteiger partial charge in [0.25, 0.3) is 5.69 Å². The lowest BCUT2D eigenvalue weighted by Gasteiger charge is -2.20. The van der Waals surface area contributed by atoms with E-state index in [1.807, 2.05) is 0 Å². The number of nitro groups is 1. The average molecular weight is 390 g/mol. The highest BCUT2D eigenvalue weighted by Crippen LogP contribution is 2.31. The third-order valence-corrected chi connectivity index (χ3v) is 4.06. The van der Waals surface area contributed by atoms with Gasteiger partial charge in [-0.15, -0.1) is 0 Å². The van der Waals surface area contributed by atoms with Crippen LogP contribution in [0.25, 0.3) is 0 Å². The Labute approximate surface area is 162 Å². The Morgan fingerprint density at radius 1 is 1.18 bits per heavy atom. The molecule has 0 heterocycles. The van der Waals surface area contributed by atoms with E-state index in [-0.39, 0.29) is 17.0 Å². The summed E-state index contributed by atoms with van der Waals surface area (Å²) in [6, 6.07) is 8.88. The predicted octanol–water partition coefficient (Wildman–Crippen LogP) is 2.60. The van der Waals surface area contributed by atoms with Crippen LogP contribution in [0.2, 0.25) is 0 Å². The van der Waals surface area contributed by atoms with Gasteiger partial charge in [0.1, 0.15) is 29.0 Å². The van der Waals surface area contributed by atoms with E-state index in [0.717, 1.165) is 12.7 Å². The SMILES string of the molecule is COC(=O)c1cc(Oc2ccc(OC)c(CC(O)N(C)C)c2)ccc1[N+](=O)[O-]. The molecule has 0 amide bonds. The number of nitro benzene ring substituents is 1. The molecular weight excluding hydrogens is 368 g/mol. The number of nitrogens with zero attached hydrogens (tertiary/aromatic N) is 2. The quantitative estimate of drug-likeness (QED) is 0.317. The second-order valence-corrected chi connectivity index (χ2v) is 6.15. The van der Waals surface area contributed by atoms with Crippen LogP contribution in [0.5, 0.6) is 17.2 Å². The summed E-state index contributed by atoms with van der Waals surface area (Å²) in [5, 5.41) is 21.2. The maximum Gasteiger partial charge on any atom is 0.345 e. The highest BCUT2D eigenvalue weighted by atomic mass is 16.6. The van der Waals surface area contributed by atoms with Gasteiger partial charge >= 0.3 is 5.97 Å². The van der Waals surface area contributed by atoms with Crippen molar-refractivity contribution in [2.45, 2.75) is 12.6 Å². The van der Waals surface area contributed by atoms with Crippen LogP contribution in [0.3, 0.4) is 0 Å². The zero-order valence-corrected chi connectivity index (χ0v) is 16.0. The molecule has 9 heteroatoms. The van der Waals surface area contributed by atoms with Gasteiger partial charge in [0, 0.05) is 24.1 Å². The fourth-order valence-corrected chi connectivity index (χ4v) is 2.50. The van der Waals surface area contributed by atoms with E-state index in [0.29, 0.717) is 17.9 Å². The number of carbonyl (C=O) groups excluding carboxylic acids is 1. The number of methoxy groups -OCH3 is 2. The Morgan fingerprint density at radius 2 is 1.82 bits per heavy atom. The summed E-state index contributed by atoms with van der Waals surface area (Å²) >= 11 is 0. The zero-order valence-electron chi connectivity index (χ0n) is 16.0. The van der Waals surface area contributed by atoms with Crippen LogP contribution in [-0.2, 0) is 11.2 Å². The van der Waals surface area contributed by atoms with Gasteiger partial charge in [-0.05, 0) is 38.4 Å². The van der Waals surface area contributed by atoms with Crippen LogP contribution < -0.4 is 9.47 Å². The molecule has 0 bridgehead atoms. The number of esters is 1. The highest BCUT2D eigenvalue weighted by Gasteiger charge is 2.22. The summed E-state index contributed by atoms with van der Waals surface area (Å²) in [5.41, 5.74) is 0.141. The van der Waals surface area contributed by atoms with Crippen molar-refractivity contribution in [1.29, 1.82) is 0 Å². The summed E-state index contributed by atoms with van der Waals surface area (Å²) in [6.45, 7) is 0. The van der Waals surface area contributed by atoms with Crippen LogP contribution >= 0.6 is 0 Å². The van der Waals surface area contributed by atoms with Crippen LogP contribution in [0.15, 0.2) is 36.4 Å². The minimum atomic E-state index is -0.832. The Bertz CT molecular complexity index is 867. The first kappa shape index (κ1) is 21.1. The summed E-state index contributed by atoms with van der Waals surface area (Å²) in [7, 11) is 6.18. The molecule has 0 aliphatic rings. The summed E-state index contributed by atoms with van der Waals surface area (Å²) < 4.78 is 15.7. The van der Waals surface area contributed by atoms with Crippen molar-refractivity contribution < 1.29 is 29.0 Å². The van der Waals surface area contributed by atoms with E-state index in [4.69, 9.17) is 9.47 Å². The largest absolute Gasteiger partial charge is 0.496 e. The summed E-state index contributed by atoms with van der Waals surface area (Å²) in [4.78, 5) is 23.9. The number of likely N-dealkylation sites (N-methyl/N-ethyl adjacent to an activating group) is 1. The summed E-state index contributed by atoms with van der Waals surface area (Å²) in [6.07, 6.45) is -0.407. The van der Waals surface area contributed by atoms with E-state index >= 15 is 0 Å². The Morgan fingerprint density at radius 3 is 2.39 bits per heavy atom. The van der Waals surface area contributed by atoms with Crippen molar-refractivity contribution in [2.75, 3.05) is 28.3 Å². The maximum atomic E-state index is 11.8. The second-order valence-electron chi connectivity index (χ2n) is 6.15. The fourth-order valence-electron chi connectivity index (χ4n) is 2.50. The Hall–Kier alpha value is -3.17. The van der Waals surface area contributed by atoms with Crippen LogP contribution in [0.4, 0.5) is 5.69 Å². The number of aliphatic hydroxyl groups is 1. The van der Waals surface area contributed by atoms with E-state index < -0.39 is 17.1 Å². The van der Waals surface area contributed by atoms with Crippen molar-refractivity contribution in [1.82, 2.24) is 4.90 Å².